The molecule has 0 bridgehead atoms. The van der Waals surface area contributed by atoms with Crippen LogP contribution in [0, 0.1) is 5.92 Å². The van der Waals surface area contributed by atoms with E-state index in [0.717, 1.165) is 0 Å². The van der Waals surface area contributed by atoms with Crippen LogP contribution >= 0.6 is 0 Å². The largest absolute Gasteiger partial charge is 0.480 e. The van der Waals surface area contributed by atoms with Gasteiger partial charge in [-0.1, -0.05) is 13.8 Å². The number of hydrogen-bond acceptors (Lipinski definition) is 4. The fourth-order valence-electron chi connectivity index (χ4n) is 2.38. The van der Waals surface area contributed by atoms with Gasteiger partial charge in [0.25, 0.3) is 0 Å². The van der Waals surface area contributed by atoms with E-state index in [-0.39, 0.29) is 24.7 Å². The van der Waals surface area contributed by atoms with Crippen molar-refractivity contribution in [1.82, 2.24) is 10.2 Å². The van der Waals surface area contributed by atoms with Gasteiger partial charge in [0, 0.05) is 13.1 Å². The number of carbonyl (C=O) groups is 2. The molecule has 2 amide bonds. The number of carbonyl (C=O) groups excluding carboxylic acids is 1. The first kappa shape index (κ1) is 17.7. The SMILES string of the molecule is CC(C)C[C@@H](NC(=O)N1CCC(OCCO)CC1)C(=O)O. The van der Waals surface area contributed by atoms with Crippen molar-refractivity contribution in [2.75, 3.05) is 26.3 Å². The summed E-state index contributed by atoms with van der Waals surface area (Å²) >= 11 is 0. The van der Waals surface area contributed by atoms with Crippen molar-refractivity contribution in [3.05, 3.63) is 0 Å². The number of amides is 2. The molecule has 21 heavy (non-hydrogen) atoms. The third-order valence-corrected chi connectivity index (χ3v) is 3.48. The summed E-state index contributed by atoms with van der Waals surface area (Å²) in [5.41, 5.74) is 0. The van der Waals surface area contributed by atoms with E-state index in [1.165, 1.54) is 0 Å². The Labute approximate surface area is 125 Å². The summed E-state index contributed by atoms with van der Waals surface area (Å²) in [5, 5.41) is 20.4. The molecule has 0 aromatic rings. The van der Waals surface area contributed by atoms with E-state index in [9.17, 15) is 9.59 Å². The number of nitrogens with zero attached hydrogens (tertiary/aromatic N) is 1. The molecule has 0 unspecified atom stereocenters. The zero-order valence-corrected chi connectivity index (χ0v) is 12.7. The molecule has 1 fully saturated rings. The van der Waals surface area contributed by atoms with Gasteiger partial charge in [0.2, 0.25) is 0 Å². The van der Waals surface area contributed by atoms with Crippen molar-refractivity contribution >= 4 is 12.0 Å². The second-order valence-corrected chi connectivity index (χ2v) is 5.75. The molecular formula is C14H26N2O5. The molecular weight excluding hydrogens is 276 g/mol. The summed E-state index contributed by atoms with van der Waals surface area (Å²) < 4.78 is 5.43. The molecule has 0 radical (unpaired) electrons. The van der Waals surface area contributed by atoms with Crippen LogP contribution in [-0.4, -0.2) is 65.6 Å². The fraction of sp³-hybridized carbons (Fsp3) is 0.857. The lowest BCUT2D eigenvalue weighted by molar-refractivity contribution is -0.139. The highest BCUT2D eigenvalue weighted by molar-refractivity contribution is 5.82. The van der Waals surface area contributed by atoms with Crippen molar-refractivity contribution < 1.29 is 24.5 Å². The molecule has 0 aromatic heterocycles. The van der Waals surface area contributed by atoms with Gasteiger partial charge in [0.1, 0.15) is 6.04 Å². The van der Waals surface area contributed by atoms with Gasteiger partial charge in [-0.25, -0.2) is 9.59 Å². The molecule has 7 heteroatoms. The molecule has 0 aromatic carbocycles. The van der Waals surface area contributed by atoms with Gasteiger partial charge in [-0.05, 0) is 25.2 Å². The van der Waals surface area contributed by atoms with E-state index in [2.05, 4.69) is 5.32 Å². The minimum atomic E-state index is -1.00. The molecule has 1 heterocycles. The van der Waals surface area contributed by atoms with Gasteiger partial charge >= 0.3 is 12.0 Å². The lowest BCUT2D eigenvalue weighted by atomic mass is 10.0. The molecule has 0 saturated carbocycles. The third-order valence-electron chi connectivity index (χ3n) is 3.48. The Bertz CT molecular complexity index is 340. The number of aliphatic hydroxyl groups is 1. The van der Waals surface area contributed by atoms with E-state index in [0.29, 0.717) is 39.0 Å². The Morgan fingerprint density at radius 3 is 2.43 bits per heavy atom. The van der Waals surface area contributed by atoms with Crippen LogP contribution in [-0.2, 0) is 9.53 Å². The maximum Gasteiger partial charge on any atom is 0.326 e. The average Bonchev–Trinajstić information content (AvgIpc) is 2.44. The van der Waals surface area contributed by atoms with Crippen LogP contribution in [0.3, 0.4) is 0 Å². The Balaban J connectivity index is 2.40. The van der Waals surface area contributed by atoms with E-state index in [1.807, 2.05) is 13.8 Å². The van der Waals surface area contributed by atoms with Gasteiger partial charge in [0.15, 0.2) is 0 Å². The number of piperidine rings is 1. The first-order valence-electron chi connectivity index (χ1n) is 7.44. The lowest BCUT2D eigenvalue weighted by Crippen LogP contribution is -2.51. The van der Waals surface area contributed by atoms with Crippen molar-refractivity contribution in [2.45, 2.75) is 45.3 Å². The lowest BCUT2D eigenvalue weighted by Gasteiger charge is -2.32. The second kappa shape index (κ2) is 8.84. The van der Waals surface area contributed by atoms with Gasteiger partial charge < -0.3 is 25.2 Å². The molecule has 3 N–H and O–H groups in total. The first-order chi connectivity index (χ1) is 9.93. The molecule has 1 atom stereocenters. The number of carboxylic acid groups (broad SMARTS) is 1. The maximum atomic E-state index is 12.1. The number of aliphatic carboxylic acids is 1. The summed E-state index contributed by atoms with van der Waals surface area (Å²) in [7, 11) is 0. The Kier molecular flexibility index (Phi) is 7.45. The van der Waals surface area contributed by atoms with Crippen LogP contribution in [0.2, 0.25) is 0 Å². The van der Waals surface area contributed by atoms with E-state index in [4.69, 9.17) is 14.9 Å². The number of likely N-dealkylation sites (tertiary alicyclic amines) is 1. The highest BCUT2D eigenvalue weighted by atomic mass is 16.5. The fourth-order valence-corrected chi connectivity index (χ4v) is 2.38. The number of nitrogens with one attached hydrogen (secondary N) is 1. The molecule has 7 nitrogen and oxygen atoms in total. The zero-order chi connectivity index (χ0) is 15.8. The number of aliphatic hydroxyl groups excluding tert-OH is 1. The van der Waals surface area contributed by atoms with Crippen molar-refractivity contribution in [3.63, 3.8) is 0 Å². The van der Waals surface area contributed by atoms with Crippen LogP contribution in [0.15, 0.2) is 0 Å². The number of rotatable bonds is 7. The number of carboxylic acids is 1. The Hall–Kier alpha value is -1.34. The van der Waals surface area contributed by atoms with E-state index < -0.39 is 12.0 Å². The topological polar surface area (TPSA) is 99.1 Å². The molecule has 1 saturated heterocycles. The number of ether oxygens (including phenoxy) is 1. The number of urea groups is 1. The van der Waals surface area contributed by atoms with Gasteiger partial charge in [-0.15, -0.1) is 0 Å². The van der Waals surface area contributed by atoms with Crippen LogP contribution in [0.5, 0.6) is 0 Å². The second-order valence-electron chi connectivity index (χ2n) is 5.75. The summed E-state index contributed by atoms with van der Waals surface area (Å²) in [5.74, 6) is -0.803. The first-order valence-corrected chi connectivity index (χ1v) is 7.44. The normalized spacial score (nSPS) is 17.8. The average molecular weight is 302 g/mol. The van der Waals surface area contributed by atoms with Gasteiger partial charge in [-0.2, -0.15) is 0 Å². The smallest absolute Gasteiger partial charge is 0.326 e. The van der Waals surface area contributed by atoms with Gasteiger partial charge in [-0.3, -0.25) is 0 Å². The van der Waals surface area contributed by atoms with Crippen molar-refractivity contribution in [3.8, 4) is 0 Å². The molecule has 1 aliphatic heterocycles. The minimum absolute atomic E-state index is 0.00378. The van der Waals surface area contributed by atoms with Crippen molar-refractivity contribution in [2.24, 2.45) is 5.92 Å². The zero-order valence-electron chi connectivity index (χ0n) is 12.7. The highest BCUT2D eigenvalue weighted by Gasteiger charge is 2.27. The van der Waals surface area contributed by atoms with Crippen LogP contribution in [0.4, 0.5) is 4.79 Å². The summed E-state index contributed by atoms with van der Waals surface area (Å²) in [6.45, 7) is 5.23. The van der Waals surface area contributed by atoms with E-state index >= 15 is 0 Å². The number of hydrogen-bond donors (Lipinski definition) is 3. The third kappa shape index (κ3) is 6.31. The van der Waals surface area contributed by atoms with Crippen LogP contribution in [0.1, 0.15) is 33.1 Å². The quantitative estimate of drug-likeness (QED) is 0.642. The Morgan fingerprint density at radius 2 is 1.95 bits per heavy atom. The molecule has 0 spiro atoms. The van der Waals surface area contributed by atoms with E-state index in [1.54, 1.807) is 4.90 Å². The maximum absolute atomic E-state index is 12.1. The minimum Gasteiger partial charge on any atom is -0.480 e. The summed E-state index contributed by atoms with van der Waals surface area (Å²) in [6, 6.07) is -1.18. The standard InChI is InChI=1S/C14H26N2O5/c1-10(2)9-12(13(18)19)15-14(20)16-5-3-11(4-6-16)21-8-7-17/h10-12,17H,3-9H2,1-2H3,(H,15,20)(H,18,19)/t12-/m1/s1. The Morgan fingerprint density at radius 1 is 1.33 bits per heavy atom. The summed E-state index contributed by atoms with van der Waals surface area (Å²) in [4.78, 5) is 24.9. The summed E-state index contributed by atoms with van der Waals surface area (Å²) in [6.07, 6.45) is 1.88. The van der Waals surface area contributed by atoms with Crippen LogP contribution < -0.4 is 5.32 Å². The van der Waals surface area contributed by atoms with Crippen molar-refractivity contribution in [1.29, 1.82) is 0 Å². The highest BCUT2D eigenvalue weighted by Crippen LogP contribution is 2.14. The molecule has 122 valence electrons. The van der Waals surface area contributed by atoms with Gasteiger partial charge in [0.05, 0.1) is 19.3 Å². The predicted molar refractivity (Wildman–Crippen MR) is 77.0 cm³/mol. The molecule has 1 rings (SSSR count). The predicted octanol–water partition coefficient (Wildman–Crippen LogP) is 0.669. The monoisotopic (exact) mass is 302 g/mol. The molecule has 0 aliphatic carbocycles. The molecule has 1 aliphatic rings. The van der Waals surface area contributed by atoms with Crippen LogP contribution in [0.25, 0.3) is 0 Å².